The Balaban J connectivity index is 1.49. The maximum atomic E-state index is 13.3. The molecule has 4 heterocycles. The van der Waals surface area contributed by atoms with Crippen LogP contribution < -0.4 is 11.1 Å². The molecule has 2 aliphatic rings. The molecule has 0 saturated carbocycles. The number of halogens is 3. The van der Waals surface area contributed by atoms with Crippen molar-refractivity contribution in [2.45, 2.75) is 58.0 Å². The van der Waals surface area contributed by atoms with Gasteiger partial charge >= 0.3 is 6.18 Å². The van der Waals surface area contributed by atoms with Crippen molar-refractivity contribution >= 4 is 17.3 Å². The number of anilines is 2. The molecule has 0 unspecified atom stereocenters. The lowest BCUT2D eigenvalue weighted by Gasteiger charge is -2.30. The monoisotopic (exact) mass is 460 g/mol. The average Bonchev–Trinajstić information content (AvgIpc) is 3.37. The van der Waals surface area contributed by atoms with Crippen LogP contribution in [0.1, 0.15) is 53.9 Å². The summed E-state index contributed by atoms with van der Waals surface area (Å²) < 4.78 is 47.5. The predicted octanol–water partition coefficient (Wildman–Crippen LogP) is 4.31. The molecular weight excluding hydrogens is 433 g/mol. The van der Waals surface area contributed by atoms with Gasteiger partial charge in [-0.3, -0.25) is 9.30 Å². The molecule has 7 nitrogen and oxygen atoms in total. The highest BCUT2D eigenvalue weighted by Gasteiger charge is 2.33. The van der Waals surface area contributed by atoms with Crippen molar-refractivity contribution < 1.29 is 17.9 Å². The predicted molar refractivity (Wildman–Crippen MR) is 119 cm³/mol. The number of benzene rings is 1. The number of fused-ring (bicyclic) bond motifs is 3. The molecule has 0 spiro atoms. The van der Waals surface area contributed by atoms with Crippen LogP contribution in [0.3, 0.4) is 0 Å². The van der Waals surface area contributed by atoms with Crippen molar-refractivity contribution in [3.8, 4) is 0 Å². The summed E-state index contributed by atoms with van der Waals surface area (Å²) in [6, 6.07) is 3.66. The van der Waals surface area contributed by atoms with E-state index in [0.717, 1.165) is 68.2 Å². The summed E-state index contributed by atoms with van der Waals surface area (Å²) in [5.74, 6) is 1.24. The number of hydrogen-bond donors (Lipinski definition) is 2. The third kappa shape index (κ3) is 4.13. The first-order valence-electron chi connectivity index (χ1n) is 11.1. The maximum absolute atomic E-state index is 13.3. The molecule has 0 aliphatic carbocycles. The number of rotatable bonds is 4. The number of nitrogens with zero attached hydrogens (tertiary/aromatic N) is 4. The second kappa shape index (κ2) is 8.18. The zero-order valence-corrected chi connectivity index (χ0v) is 18.6. The van der Waals surface area contributed by atoms with Crippen LogP contribution in [0.2, 0.25) is 0 Å². The maximum Gasteiger partial charge on any atom is 0.416 e. The molecule has 10 heteroatoms. The van der Waals surface area contributed by atoms with E-state index in [0.29, 0.717) is 23.2 Å². The number of nitrogens with one attached hydrogen (secondary N) is 1. The van der Waals surface area contributed by atoms with Crippen molar-refractivity contribution in [1.29, 1.82) is 0 Å². The number of aryl methyl sites for hydroxylation is 1. The van der Waals surface area contributed by atoms with Crippen LogP contribution in [0.15, 0.2) is 24.4 Å². The van der Waals surface area contributed by atoms with Gasteiger partial charge in [-0.15, -0.1) is 0 Å². The van der Waals surface area contributed by atoms with E-state index >= 15 is 0 Å². The summed E-state index contributed by atoms with van der Waals surface area (Å²) in [6.07, 6.45) is -0.702. The van der Waals surface area contributed by atoms with Gasteiger partial charge in [0.1, 0.15) is 5.82 Å². The fraction of sp³-hybridized carbons (Fsp3) is 0.478. The Morgan fingerprint density at radius 3 is 2.67 bits per heavy atom. The van der Waals surface area contributed by atoms with E-state index in [1.165, 1.54) is 0 Å². The van der Waals surface area contributed by atoms with E-state index in [1.807, 2.05) is 13.8 Å². The highest BCUT2D eigenvalue weighted by atomic mass is 19.4. The second-order valence-corrected chi connectivity index (χ2v) is 8.92. The van der Waals surface area contributed by atoms with Gasteiger partial charge in [-0.2, -0.15) is 18.2 Å². The van der Waals surface area contributed by atoms with Crippen LogP contribution in [0.4, 0.5) is 24.7 Å². The first-order chi connectivity index (χ1) is 15.7. The Labute approximate surface area is 189 Å². The number of nitrogen functional groups attached to an aromatic ring is 1. The Morgan fingerprint density at radius 2 is 1.94 bits per heavy atom. The molecule has 1 saturated heterocycles. The van der Waals surface area contributed by atoms with Crippen molar-refractivity contribution in [2.24, 2.45) is 0 Å². The number of nitrogens with two attached hydrogens (primary N) is 1. The van der Waals surface area contributed by atoms with Gasteiger partial charge in [-0.05, 0) is 50.5 Å². The molecule has 2 aromatic heterocycles. The van der Waals surface area contributed by atoms with Gasteiger partial charge in [0.25, 0.3) is 0 Å². The van der Waals surface area contributed by atoms with Crippen molar-refractivity contribution in [1.82, 2.24) is 19.3 Å². The molecule has 3 N–H and O–H groups in total. The summed E-state index contributed by atoms with van der Waals surface area (Å²) in [5.41, 5.74) is 8.75. The number of aromatic nitrogens is 3. The highest BCUT2D eigenvalue weighted by Crippen LogP contribution is 2.36. The zero-order chi connectivity index (χ0) is 23.3. The lowest BCUT2D eigenvalue weighted by Crippen LogP contribution is -2.35. The average molecular weight is 461 g/mol. The van der Waals surface area contributed by atoms with Crippen LogP contribution in [0, 0.1) is 6.92 Å². The second-order valence-electron chi connectivity index (χ2n) is 8.92. The molecule has 1 fully saturated rings. The van der Waals surface area contributed by atoms with Gasteiger partial charge in [0, 0.05) is 55.0 Å². The highest BCUT2D eigenvalue weighted by molar-refractivity contribution is 5.57. The van der Waals surface area contributed by atoms with Crippen LogP contribution in [0.25, 0.3) is 5.78 Å². The van der Waals surface area contributed by atoms with Gasteiger partial charge in [0.05, 0.1) is 17.8 Å². The number of imidazole rings is 1. The van der Waals surface area contributed by atoms with E-state index in [-0.39, 0.29) is 5.69 Å². The van der Waals surface area contributed by atoms with Gasteiger partial charge in [-0.25, -0.2) is 4.98 Å². The fourth-order valence-electron chi connectivity index (χ4n) is 4.87. The summed E-state index contributed by atoms with van der Waals surface area (Å²) >= 11 is 0. The third-order valence-corrected chi connectivity index (χ3v) is 6.61. The molecule has 1 aromatic carbocycles. The summed E-state index contributed by atoms with van der Waals surface area (Å²) in [4.78, 5) is 11.6. The van der Waals surface area contributed by atoms with E-state index < -0.39 is 17.8 Å². The van der Waals surface area contributed by atoms with E-state index in [1.54, 1.807) is 12.3 Å². The van der Waals surface area contributed by atoms with Gasteiger partial charge in [0.15, 0.2) is 0 Å². The number of hydrogen-bond acceptors (Lipinski definition) is 6. The van der Waals surface area contributed by atoms with E-state index in [2.05, 4.69) is 19.6 Å². The molecule has 3 aromatic rings. The standard InChI is InChI=1S/C23H27F3N6O/c1-13-10-28-22-30-21(29-14(2)15-7-16(23(24,25)26)9-17(27)8-15)19-11-31(12-20(19)32(13)22)18-3-5-33-6-4-18/h7-10,14,18H,3-6,11-12,27H2,1-2H3,(H,28,29,30)/t14-/m1/s1. The van der Waals surface area contributed by atoms with Crippen LogP contribution in [-0.2, 0) is 24.0 Å². The lowest BCUT2D eigenvalue weighted by molar-refractivity contribution is -0.137. The zero-order valence-electron chi connectivity index (χ0n) is 18.6. The SMILES string of the molecule is Cc1cnc2nc(N[C@H](C)c3cc(N)cc(C(F)(F)F)c3)c3c(n12)CN(C1CCOCC1)C3. The Bertz CT molecular complexity index is 1190. The van der Waals surface area contributed by atoms with E-state index in [4.69, 9.17) is 15.5 Å². The molecule has 0 amide bonds. The number of alkyl halides is 3. The Kier molecular flexibility index (Phi) is 5.44. The molecule has 1 atom stereocenters. The molecule has 176 valence electrons. The Morgan fingerprint density at radius 1 is 1.18 bits per heavy atom. The minimum atomic E-state index is -4.46. The molecule has 0 bridgehead atoms. The van der Waals surface area contributed by atoms with E-state index in [9.17, 15) is 13.2 Å². The van der Waals surface area contributed by atoms with Gasteiger partial charge in [0.2, 0.25) is 5.78 Å². The first-order valence-corrected chi connectivity index (χ1v) is 11.1. The third-order valence-electron chi connectivity index (χ3n) is 6.61. The molecule has 2 aliphatic heterocycles. The lowest BCUT2D eigenvalue weighted by atomic mass is 10.0. The molecular formula is C23H27F3N6O. The first kappa shape index (κ1) is 22.0. The molecule has 0 radical (unpaired) electrons. The van der Waals surface area contributed by atoms with Crippen molar-refractivity contribution in [2.75, 3.05) is 24.3 Å². The summed E-state index contributed by atoms with van der Waals surface area (Å²) in [6.45, 7) is 6.83. The quantitative estimate of drug-likeness (QED) is 0.565. The smallest absolute Gasteiger partial charge is 0.399 e. The van der Waals surface area contributed by atoms with Crippen LogP contribution in [-0.4, -0.2) is 38.5 Å². The Hall–Kier alpha value is -2.85. The van der Waals surface area contributed by atoms with Crippen LogP contribution >= 0.6 is 0 Å². The van der Waals surface area contributed by atoms with Gasteiger partial charge < -0.3 is 15.8 Å². The fourth-order valence-corrected chi connectivity index (χ4v) is 4.87. The van der Waals surface area contributed by atoms with Crippen LogP contribution in [0.5, 0.6) is 0 Å². The summed E-state index contributed by atoms with van der Waals surface area (Å²) in [5, 5.41) is 3.35. The van der Waals surface area contributed by atoms with Gasteiger partial charge in [-0.1, -0.05) is 0 Å². The normalized spacial score (nSPS) is 18.6. The number of ether oxygens (including phenoxy) is 1. The van der Waals surface area contributed by atoms with Crippen molar-refractivity contribution in [3.05, 3.63) is 52.5 Å². The minimum Gasteiger partial charge on any atom is -0.399 e. The molecule has 33 heavy (non-hydrogen) atoms. The largest absolute Gasteiger partial charge is 0.416 e. The van der Waals surface area contributed by atoms with Crippen molar-refractivity contribution in [3.63, 3.8) is 0 Å². The summed E-state index contributed by atoms with van der Waals surface area (Å²) in [7, 11) is 0. The topological polar surface area (TPSA) is 80.7 Å². The molecule has 5 rings (SSSR count). The minimum absolute atomic E-state index is 0.0803.